The van der Waals surface area contributed by atoms with Crippen LogP contribution in [0.1, 0.15) is 44.4 Å². The molecule has 5 rings (SSSR count). The first-order valence-electron chi connectivity index (χ1n) is 15.6. The van der Waals surface area contributed by atoms with Crippen molar-refractivity contribution in [3.8, 4) is 17.0 Å². The molecule has 0 saturated carbocycles. The number of aromatic nitrogens is 2. The first-order chi connectivity index (χ1) is 22.2. The summed E-state index contributed by atoms with van der Waals surface area (Å²) in [4.78, 5) is 22.8. The van der Waals surface area contributed by atoms with Crippen molar-refractivity contribution in [3.05, 3.63) is 103 Å². The van der Waals surface area contributed by atoms with Gasteiger partial charge in [0, 0.05) is 18.0 Å². The molecule has 4 aromatic rings. The third kappa shape index (κ3) is 8.37. The van der Waals surface area contributed by atoms with Gasteiger partial charge < -0.3 is 19.2 Å². The lowest BCUT2D eigenvalue weighted by Gasteiger charge is -2.40. The molecule has 0 unspecified atom stereocenters. The number of carbonyl (C=O) groups is 1. The maximum Gasteiger partial charge on any atom is 0.407 e. The quantitative estimate of drug-likeness (QED) is 0.158. The number of fused-ring (bicyclic) bond motifs is 1. The first-order valence-corrected chi connectivity index (χ1v) is 20.0. The zero-order chi connectivity index (χ0) is 33.8. The Morgan fingerprint density at radius 1 is 1.09 bits per heavy atom. The van der Waals surface area contributed by atoms with Crippen LogP contribution >= 0.6 is 0 Å². The van der Waals surface area contributed by atoms with Crippen molar-refractivity contribution in [3.63, 3.8) is 0 Å². The van der Waals surface area contributed by atoms with Gasteiger partial charge in [-0.25, -0.2) is 13.2 Å². The lowest BCUT2D eigenvalue weighted by Crippen LogP contribution is -2.46. The predicted molar refractivity (Wildman–Crippen MR) is 185 cm³/mol. The Bertz CT molecular complexity index is 1780. The first kappa shape index (κ1) is 34.1. The van der Waals surface area contributed by atoms with Crippen LogP contribution < -0.4 is 9.46 Å². The van der Waals surface area contributed by atoms with E-state index in [1.165, 1.54) is 23.2 Å². The highest BCUT2D eigenvalue weighted by Gasteiger charge is 2.40. The van der Waals surface area contributed by atoms with Crippen LogP contribution in [0, 0.1) is 0 Å². The number of benzene rings is 2. The molecule has 1 amide bonds. The van der Waals surface area contributed by atoms with E-state index in [1.807, 2.05) is 30.3 Å². The topological polar surface area (TPSA) is 131 Å². The van der Waals surface area contributed by atoms with Crippen molar-refractivity contribution in [1.82, 2.24) is 14.9 Å². The standard InChI is InChI=1S/C35H42N4O6SSi/c1-35(2,3)47(4,5)45-33(27-10-9-19-36-21-27)24-39(34(40)41)23-29-16-13-26-20-25(14-18-32(26)44-29)31-17-15-28(22-37-31)38-46(42,43)30-11-7-6-8-12-30/h6-12,14-15,17-22,29,33,38H,13,16,23-24H2,1-5H3,(H,40,41)/t29-,33-/m1/s1. The second kappa shape index (κ2) is 13.8. The molecule has 47 heavy (non-hydrogen) atoms. The van der Waals surface area contributed by atoms with Gasteiger partial charge in [-0.1, -0.05) is 45.0 Å². The minimum Gasteiger partial charge on any atom is -0.488 e. The van der Waals surface area contributed by atoms with Crippen molar-refractivity contribution in [1.29, 1.82) is 0 Å². The zero-order valence-electron chi connectivity index (χ0n) is 27.4. The summed E-state index contributed by atoms with van der Waals surface area (Å²) in [6.07, 6.45) is 4.50. The Balaban J connectivity index is 1.26. The van der Waals surface area contributed by atoms with Crippen LogP contribution in [0.15, 0.2) is 96.3 Å². The smallest absolute Gasteiger partial charge is 0.407 e. The molecule has 0 aliphatic carbocycles. The maximum atomic E-state index is 12.7. The van der Waals surface area contributed by atoms with Crippen LogP contribution in [0.2, 0.25) is 18.1 Å². The minimum absolute atomic E-state index is 0.0476. The molecular formula is C35H42N4O6SSi. The van der Waals surface area contributed by atoms with Gasteiger partial charge in [0.25, 0.3) is 10.0 Å². The van der Waals surface area contributed by atoms with Gasteiger partial charge in [-0.05, 0) is 90.6 Å². The average molecular weight is 675 g/mol. The second-order valence-corrected chi connectivity index (χ2v) is 19.7. The zero-order valence-corrected chi connectivity index (χ0v) is 29.2. The highest BCUT2D eigenvalue weighted by Crippen LogP contribution is 2.40. The number of rotatable bonds is 11. The molecule has 248 valence electrons. The fourth-order valence-corrected chi connectivity index (χ4v) is 7.50. The fraction of sp³-hybridized carbons (Fsp3) is 0.343. The third-order valence-corrected chi connectivity index (χ3v) is 14.7. The summed E-state index contributed by atoms with van der Waals surface area (Å²) in [5, 5.41) is 10.2. The summed E-state index contributed by atoms with van der Waals surface area (Å²) in [5.74, 6) is 0.712. The predicted octanol–water partition coefficient (Wildman–Crippen LogP) is 7.38. The molecule has 1 aliphatic rings. The van der Waals surface area contributed by atoms with Crippen LogP contribution in [-0.2, 0) is 20.9 Å². The van der Waals surface area contributed by atoms with Gasteiger partial charge in [-0.15, -0.1) is 0 Å². The second-order valence-electron chi connectivity index (χ2n) is 13.3. The van der Waals surface area contributed by atoms with Crippen LogP contribution in [0.4, 0.5) is 10.5 Å². The van der Waals surface area contributed by atoms with Crippen LogP contribution in [0.5, 0.6) is 5.75 Å². The fourth-order valence-electron chi connectivity index (χ4n) is 5.16. The normalized spacial score (nSPS) is 15.6. The number of aryl methyl sites for hydroxylation is 1. The number of hydrogen-bond acceptors (Lipinski definition) is 7. The molecule has 2 atom stereocenters. The van der Waals surface area contributed by atoms with E-state index in [0.29, 0.717) is 30.0 Å². The van der Waals surface area contributed by atoms with E-state index < -0.39 is 30.5 Å². The molecule has 2 aromatic heterocycles. The lowest BCUT2D eigenvalue weighted by atomic mass is 9.98. The molecule has 0 fully saturated rings. The molecule has 10 nitrogen and oxygen atoms in total. The summed E-state index contributed by atoms with van der Waals surface area (Å²) in [6.45, 7) is 11.2. The lowest BCUT2D eigenvalue weighted by molar-refractivity contribution is 0.0688. The van der Waals surface area contributed by atoms with Crippen molar-refractivity contribution < 1.29 is 27.5 Å². The summed E-state index contributed by atoms with van der Waals surface area (Å²) < 4.78 is 40.9. The molecule has 0 saturated heterocycles. The Morgan fingerprint density at radius 3 is 2.49 bits per heavy atom. The minimum atomic E-state index is -3.71. The molecule has 12 heteroatoms. The van der Waals surface area contributed by atoms with Gasteiger partial charge in [0.2, 0.25) is 0 Å². The molecule has 0 spiro atoms. The van der Waals surface area contributed by atoms with Gasteiger partial charge in [0.15, 0.2) is 8.32 Å². The van der Waals surface area contributed by atoms with Crippen LogP contribution in [0.3, 0.4) is 0 Å². The molecule has 1 aliphatic heterocycles. The van der Waals surface area contributed by atoms with Crippen LogP contribution in [0.25, 0.3) is 11.3 Å². The Kier molecular flexibility index (Phi) is 10.0. The van der Waals surface area contributed by atoms with E-state index in [9.17, 15) is 18.3 Å². The van der Waals surface area contributed by atoms with E-state index in [4.69, 9.17) is 9.16 Å². The van der Waals surface area contributed by atoms with Crippen molar-refractivity contribution in [2.24, 2.45) is 0 Å². The molecular weight excluding hydrogens is 633 g/mol. The molecule has 2 aromatic carbocycles. The number of nitrogens with one attached hydrogen (secondary N) is 1. The van der Waals surface area contributed by atoms with E-state index in [1.54, 1.807) is 42.7 Å². The van der Waals surface area contributed by atoms with Crippen molar-refractivity contribution in [2.45, 2.75) is 68.8 Å². The summed E-state index contributed by atoms with van der Waals surface area (Å²) in [6, 6.07) is 21.2. The van der Waals surface area contributed by atoms with Crippen molar-refractivity contribution >= 4 is 30.1 Å². The number of hydrogen-bond donors (Lipinski definition) is 2. The number of anilines is 1. The van der Waals surface area contributed by atoms with E-state index in [-0.39, 0.29) is 29.1 Å². The number of ether oxygens (including phenoxy) is 1. The van der Waals surface area contributed by atoms with E-state index in [2.05, 4.69) is 48.6 Å². The van der Waals surface area contributed by atoms with Crippen LogP contribution in [-0.4, -0.2) is 62.0 Å². The molecule has 0 bridgehead atoms. The number of carboxylic acid groups (broad SMARTS) is 1. The summed E-state index contributed by atoms with van der Waals surface area (Å²) in [7, 11) is -5.94. The highest BCUT2D eigenvalue weighted by atomic mass is 32.2. The molecule has 0 radical (unpaired) electrons. The van der Waals surface area contributed by atoms with Gasteiger partial charge >= 0.3 is 6.09 Å². The van der Waals surface area contributed by atoms with E-state index in [0.717, 1.165) is 16.7 Å². The number of sulfonamides is 1. The summed E-state index contributed by atoms with van der Waals surface area (Å²) >= 11 is 0. The van der Waals surface area contributed by atoms with Gasteiger partial charge in [-0.3, -0.25) is 14.7 Å². The van der Waals surface area contributed by atoms with Crippen molar-refractivity contribution in [2.75, 3.05) is 17.8 Å². The Hall–Kier alpha value is -4.26. The van der Waals surface area contributed by atoms with Gasteiger partial charge in [0.05, 0.1) is 41.7 Å². The molecule has 2 N–H and O–H groups in total. The monoisotopic (exact) mass is 674 g/mol. The number of amides is 1. The Morgan fingerprint density at radius 2 is 1.85 bits per heavy atom. The van der Waals surface area contributed by atoms with E-state index >= 15 is 0 Å². The summed E-state index contributed by atoms with van der Waals surface area (Å²) in [5.41, 5.74) is 3.78. The SMILES string of the molecule is CC(C)(C)[Si](C)(C)O[C@H](CN(C[C@H]1CCc2cc(-c3ccc(NS(=O)(=O)c4ccccc4)cn3)ccc2O1)C(=O)O)c1cccnc1. The largest absolute Gasteiger partial charge is 0.488 e. The maximum absolute atomic E-state index is 12.7. The average Bonchev–Trinajstić information content (AvgIpc) is 3.04. The number of nitrogens with zero attached hydrogens (tertiary/aromatic N) is 3. The third-order valence-electron chi connectivity index (χ3n) is 8.83. The number of pyridine rings is 2. The van der Waals surface area contributed by atoms with Gasteiger partial charge in [0.1, 0.15) is 11.9 Å². The highest BCUT2D eigenvalue weighted by molar-refractivity contribution is 7.92. The Labute approximate surface area is 278 Å². The van der Waals surface area contributed by atoms with Gasteiger partial charge in [-0.2, -0.15) is 0 Å². The molecule has 3 heterocycles.